The van der Waals surface area contributed by atoms with Crippen molar-refractivity contribution in [2.45, 2.75) is 52.0 Å². The number of H-pyrrole nitrogens is 1. The summed E-state index contributed by atoms with van der Waals surface area (Å²) in [4.78, 5) is 26.6. The van der Waals surface area contributed by atoms with Crippen LogP contribution < -0.4 is 5.69 Å². The molecule has 2 heterocycles. The third-order valence-electron chi connectivity index (χ3n) is 5.02. The summed E-state index contributed by atoms with van der Waals surface area (Å²) < 4.78 is 1.69. The summed E-state index contributed by atoms with van der Waals surface area (Å²) in [6.45, 7) is 6.10. The Morgan fingerprint density at radius 1 is 1.24 bits per heavy atom. The maximum atomic E-state index is 12.9. The number of hydrogen-bond donors (Lipinski definition) is 1. The first-order valence-electron chi connectivity index (χ1n) is 9.18. The molecule has 0 radical (unpaired) electrons. The number of benzene rings is 1. The highest BCUT2D eigenvalue weighted by atomic mass is 16.2. The van der Waals surface area contributed by atoms with Gasteiger partial charge in [0.15, 0.2) is 0 Å². The summed E-state index contributed by atoms with van der Waals surface area (Å²) in [6.07, 6.45) is 3.63. The van der Waals surface area contributed by atoms with E-state index in [2.05, 4.69) is 17.1 Å². The number of piperidine rings is 1. The van der Waals surface area contributed by atoms with E-state index in [1.165, 1.54) is 0 Å². The van der Waals surface area contributed by atoms with Crippen molar-refractivity contribution in [1.29, 1.82) is 0 Å². The number of carbonyl (C=O) groups is 1. The average Bonchev–Trinajstić information content (AvgIpc) is 3.02. The van der Waals surface area contributed by atoms with Gasteiger partial charge < -0.3 is 4.90 Å². The van der Waals surface area contributed by atoms with Gasteiger partial charge in [-0.3, -0.25) is 9.36 Å². The van der Waals surface area contributed by atoms with Crippen molar-refractivity contribution in [1.82, 2.24) is 19.7 Å². The minimum Gasteiger partial charge on any atom is -0.339 e. The number of aryl methyl sites for hydroxylation is 1. The Labute approximate surface area is 147 Å². The summed E-state index contributed by atoms with van der Waals surface area (Å²) >= 11 is 0. The van der Waals surface area contributed by atoms with Crippen molar-refractivity contribution >= 4 is 5.91 Å². The number of hydrogen-bond acceptors (Lipinski definition) is 3. The predicted molar refractivity (Wildman–Crippen MR) is 96.8 cm³/mol. The van der Waals surface area contributed by atoms with Gasteiger partial charge in [0.05, 0.1) is 0 Å². The zero-order valence-electron chi connectivity index (χ0n) is 15.0. The molecule has 1 aliphatic heterocycles. The van der Waals surface area contributed by atoms with Crippen LogP contribution in [0.1, 0.15) is 60.8 Å². The highest BCUT2D eigenvalue weighted by Crippen LogP contribution is 2.27. The molecule has 1 aromatic heterocycles. The maximum absolute atomic E-state index is 12.9. The summed E-state index contributed by atoms with van der Waals surface area (Å²) in [5.41, 5.74) is 1.81. The summed E-state index contributed by atoms with van der Waals surface area (Å²) in [6, 6.07) is 7.91. The number of rotatable bonds is 5. The average molecular weight is 342 g/mol. The van der Waals surface area contributed by atoms with Crippen LogP contribution in [0.2, 0.25) is 0 Å². The molecule has 0 atom stereocenters. The smallest absolute Gasteiger partial charge is 0.339 e. The second-order valence-corrected chi connectivity index (χ2v) is 6.60. The minimum atomic E-state index is -0.149. The number of likely N-dealkylation sites (tertiary alicyclic amines) is 1. The van der Waals surface area contributed by atoms with E-state index in [1.807, 2.05) is 36.1 Å². The lowest BCUT2D eigenvalue weighted by Gasteiger charge is -2.32. The zero-order valence-corrected chi connectivity index (χ0v) is 15.0. The quantitative estimate of drug-likeness (QED) is 0.908. The zero-order chi connectivity index (χ0) is 17.8. The number of carbonyl (C=O) groups excluding carboxylic acids is 1. The van der Waals surface area contributed by atoms with E-state index in [-0.39, 0.29) is 17.5 Å². The van der Waals surface area contributed by atoms with Crippen molar-refractivity contribution in [3.05, 3.63) is 51.7 Å². The minimum absolute atomic E-state index is 0.123. The number of aromatic amines is 1. The van der Waals surface area contributed by atoms with Gasteiger partial charge in [0, 0.05) is 31.1 Å². The Balaban J connectivity index is 1.70. The fourth-order valence-corrected chi connectivity index (χ4v) is 3.67. The van der Waals surface area contributed by atoms with E-state index < -0.39 is 0 Å². The summed E-state index contributed by atoms with van der Waals surface area (Å²) in [5.74, 6) is 1.18. The number of amides is 1. The predicted octanol–water partition coefficient (Wildman–Crippen LogP) is 2.56. The molecule has 1 saturated heterocycles. The van der Waals surface area contributed by atoms with Gasteiger partial charge in [-0.25, -0.2) is 9.89 Å². The van der Waals surface area contributed by atoms with E-state index in [1.54, 1.807) is 4.57 Å². The SMILES string of the molecule is CCCc1ccccc1C(=O)N1CCC(c2n[nH]c(=O)n2CC)CC1. The Hall–Kier alpha value is -2.37. The molecule has 0 bridgehead atoms. The third-order valence-corrected chi connectivity index (χ3v) is 5.02. The molecule has 2 aromatic rings. The van der Waals surface area contributed by atoms with Crippen LogP contribution >= 0.6 is 0 Å². The maximum Gasteiger partial charge on any atom is 0.343 e. The van der Waals surface area contributed by atoms with Gasteiger partial charge >= 0.3 is 5.69 Å². The van der Waals surface area contributed by atoms with Crippen LogP contribution in [0, 0.1) is 0 Å². The van der Waals surface area contributed by atoms with Crippen LogP contribution in [0.3, 0.4) is 0 Å². The topological polar surface area (TPSA) is 71.0 Å². The molecule has 0 aliphatic carbocycles. The van der Waals surface area contributed by atoms with Crippen LogP contribution in [-0.2, 0) is 13.0 Å². The lowest BCUT2D eigenvalue weighted by Crippen LogP contribution is -2.39. The van der Waals surface area contributed by atoms with Crippen LogP contribution in [0.5, 0.6) is 0 Å². The van der Waals surface area contributed by atoms with E-state index >= 15 is 0 Å². The monoisotopic (exact) mass is 342 g/mol. The fourth-order valence-electron chi connectivity index (χ4n) is 3.67. The summed E-state index contributed by atoms with van der Waals surface area (Å²) in [5, 5.41) is 6.74. The van der Waals surface area contributed by atoms with Gasteiger partial charge in [-0.05, 0) is 37.8 Å². The largest absolute Gasteiger partial charge is 0.343 e. The van der Waals surface area contributed by atoms with Crippen LogP contribution in [0.4, 0.5) is 0 Å². The van der Waals surface area contributed by atoms with Gasteiger partial charge in [-0.2, -0.15) is 5.10 Å². The molecule has 0 unspecified atom stereocenters. The highest BCUT2D eigenvalue weighted by Gasteiger charge is 2.28. The molecular formula is C19H26N4O2. The molecule has 1 amide bonds. The first-order chi connectivity index (χ1) is 12.2. The summed E-state index contributed by atoms with van der Waals surface area (Å²) in [7, 11) is 0. The lowest BCUT2D eigenvalue weighted by molar-refractivity contribution is 0.0709. The molecule has 0 spiro atoms. The molecule has 134 valence electrons. The van der Waals surface area contributed by atoms with Gasteiger partial charge in [0.25, 0.3) is 5.91 Å². The fraction of sp³-hybridized carbons (Fsp3) is 0.526. The van der Waals surface area contributed by atoms with Gasteiger partial charge in [-0.15, -0.1) is 0 Å². The van der Waals surface area contributed by atoms with E-state index in [9.17, 15) is 9.59 Å². The molecule has 0 saturated carbocycles. The van der Waals surface area contributed by atoms with E-state index in [0.717, 1.165) is 42.6 Å². The molecule has 6 nitrogen and oxygen atoms in total. The Bertz CT molecular complexity index is 785. The molecule has 1 aromatic carbocycles. The first kappa shape index (κ1) is 17.5. The normalized spacial score (nSPS) is 15.5. The van der Waals surface area contributed by atoms with Crippen molar-refractivity contribution in [3.63, 3.8) is 0 Å². The van der Waals surface area contributed by atoms with Gasteiger partial charge in [0.2, 0.25) is 0 Å². The van der Waals surface area contributed by atoms with Crippen molar-refractivity contribution < 1.29 is 4.79 Å². The Morgan fingerprint density at radius 3 is 2.64 bits per heavy atom. The third kappa shape index (κ3) is 3.52. The number of aromatic nitrogens is 3. The molecule has 3 rings (SSSR count). The van der Waals surface area contributed by atoms with Crippen molar-refractivity contribution in [2.24, 2.45) is 0 Å². The van der Waals surface area contributed by atoms with Crippen molar-refractivity contribution in [2.75, 3.05) is 13.1 Å². The molecular weight excluding hydrogens is 316 g/mol. The molecule has 1 fully saturated rings. The standard InChI is InChI=1S/C19H26N4O2/c1-3-7-14-8-5-6-9-16(14)18(24)22-12-10-15(11-13-22)17-20-21-19(25)23(17)4-2/h5-6,8-9,15H,3-4,7,10-13H2,1-2H3,(H,21,25). The second-order valence-electron chi connectivity index (χ2n) is 6.60. The van der Waals surface area contributed by atoms with Gasteiger partial charge in [-0.1, -0.05) is 31.5 Å². The van der Waals surface area contributed by atoms with Crippen LogP contribution in [0.25, 0.3) is 0 Å². The number of nitrogens with one attached hydrogen (secondary N) is 1. The molecule has 6 heteroatoms. The first-order valence-corrected chi connectivity index (χ1v) is 9.18. The number of nitrogens with zero attached hydrogens (tertiary/aromatic N) is 3. The van der Waals surface area contributed by atoms with E-state index in [4.69, 9.17) is 0 Å². The molecule has 25 heavy (non-hydrogen) atoms. The molecule has 1 N–H and O–H groups in total. The van der Waals surface area contributed by atoms with Crippen LogP contribution in [-0.4, -0.2) is 38.7 Å². The Morgan fingerprint density at radius 2 is 1.96 bits per heavy atom. The molecule has 1 aliphatic rings. The van der Waals surface area contributed by atoms with Crippen LogP contribution in [0.15, 0.2) is 29.1 Å². The second kappa shape index (κ2) is 7.68. The Kier molecular flexibility index (Phi) is 5.36. The van der Waals surface area contributed by atoms with Crippen molar-refractivity contribution in [3.8, 4) is 0 Å². The highest BCUT2D eigenvalue weighted by molar-refractivity contribution is 5.95. The lowest BCUT2D eigenvalue weighted by atomic mass is 9.94. The van der Waals surface area contributed by atoms with Gasteiger partial charge in [0.1, 0.15) is 5.82 Å². The van der Waals surface area contributed by atoms with E-state index in [0.29, 0.717) is 19.6 Å².